The van der Waals surface area contributed by atoms with Gasteiger partial charge in [-0.05, 0) is 0 Å². The number of alkyl halides is 1. The maximum absolute atomic E-state index is 11.2. The van der Waals surface area contributed by atoms with Crippen molar-refractivity contribution in [2.24, 2.45) is 0 Å². The van der Waals surface area contributed by atoms with E-state index in [0.29, 0.717) is 0 Å². The van der Waals surface area contributed by atoms with Crippen LogP contribution < -0.4 is 37.0 Å². The van der Waals surface area contributed by atoms with Crippen LogP contribution in [0.3, 0.4) is 0 Å². The predicted molar refractivity (Wildman–Crippen MR) is 134 cm³/mol. The molecule has 0 aromatic heterocycles. The van der Waals surface area contributed by atoms with E-state index in [2.05, 4.69) is 114 Å². The summed E-state index contributed by atoms with van der Waals surface area (Å²) in [4.78, 5) is 10.8. The Morgan fingerprint density at radius 2 is 1.00 bits per heavy atom. The van der Waals surface area contributed by atoms with Gasteiger partial charge in [0.25, 0.3) is 0 Å². The van der Waals surface area contributed by atoms with Gasteiger partial charge in [-0.25, -0.2) is 0 Å². The molecule has 0 radical (unpaired) electrons. The quantitative estimate of drug-likeness (QED) is 0.102. The number of halogens is 2. The maximum Gasteiger partial charge on any atom is -1.00 e. The molecule has 0 aliphatic rings. The van der Waals surface area contributed by atoms with Crippen LogP contribution in [-0.4, -0.2) is 18.5 Å². The molecule has 0 aliphatic heterocycles. The van der Waals surface area contributed by atoms with Gasteiger partial charge in [0, 0.05) is 0 Å². The predicted octanol–water partition coefficient (Wildman–Crippen LogP) is 1.78. The van der Waals surface area contributed by atoms with Crippen molar-refractivity contribution < 1.29 is 28.9 Å². The molecule has 0 heterocycles. The van der Waals surface area contributed by atoms with Gasteiger partial charge in [0.1, 0.15) is 0 Å². The molecule has 1 atom stereocenters. The number of nitrogens with zero attached hydrogens (tertiary/aromatic N) is 1. The van der Waals surface area contributed by atoms with E-state index in [1.807, 2.05) is 12.1 Å². The number of rotatable bonds is 6. The van der Waals surface area contributed by atoms with Crippen molar-refractivity contribution in [3.63, 3.8) is 0 Å². The van der Waals surface area contributed by atoms with Gasteiger partial charge in [-0.1, -0.05) is 0 Å². The molecule has 4 aromatic rings. The Balaban J connectivity index is 0.00000272. The summed E-state index contributed by atoms with van der Waals surface area (Å²) in [6.07, 6.45) is 0. The zero-order valence-corrected chi connectivity index (χ0v) is 22.7. The van der Waals surface area contributed by atoms with Crippen molar-refractivity contribution in [1.82, 2.24) is 0 Å². The van der Waals surface area contributed by atoms with Crippen molar-refractivity contribution in [1.29, 1.82) is 0 Å². The number of non-ortho nitro benzene ring substituents is 1. The van der Waals surface area contributed by atoms with Gasteiger partial charge in [-0.15, -0.1) is 0 Å². The summed E-state index contributed by atoms with van der Waals surface area (Å²) in [6.45, 7) is 0. The zero-order chi connectivity index (χ0) is 21.0. The number of benzene rings is 4. The summed E-state index contributed by atoms with van der Waals surface area (Å²) in [5, 5.41) is 11.2. The van der Waals surface area contributed by atoms with E-state index in [-0.39, 0.29) is 37.3 Å². The van der Waals surface area contributed by atoms with Gasteiger partial charge in [-0.2, -0.15) is 0 Å². The average Bonchev–Trinajstić information content (AvgIpc) is 2.82. The van der Waals surface area contributed by atoms with E-state index in [9.17, 15) is 10.1 Å². The molecule has 0 saturated heterocycles. The largest absolute Gasteiger partial charge is 1.00 e. The summed E-state index contributed by atoms with van der Waals surface area (Å²) in [5.41, 5.74) is 1.24. The molecule has 0 amide bonds. The van der Waals surface area contributed by atoms with Crippen molar-refractivity contribution >= 4 is 54.9 Å². The van der Waals surface area contributed by atoms with Crippen LogP contribution in [-0.2, 0) is 0 Å². The van der Waals surface area contributed by atoms with Crippen LogP contribution >= 0.6 is 22.6 Å². The Bertz CT molecular complexity index is 1030. The third-order valence-electron chi connectivity index (χ3n) is 5.21. The zero-order valence-electron chi connectivity index (χ0n) is 16.5. The standard InChI is InChI=1S/C25H20AsINO2.HI/c27-25(20-16-18-24(19-17-20)28(29)30)26(21-10-4-1-5-11-21,22-12-6-2-7-13-22)23-14-8-3-9-15-23;/h1-19,25H;1H/q+1;/p-1. The summed E-state index contributed by atoms with van der Waals surface area (Å²) in [7, 11) is 0. The minimum Gasteiger partial charge on any atom is -1.00 e. The molecule has 1 unspecified atom stereocenters. The van der Waals surface area contributed by atoms with Crippen LogP contribution in [0.5, 0.6) is 0 Å². The number of nitro benzene ring substituents is 1. The summed E-state index contributed by atoms with van der Waals surface area (Å²) in [6, 6.07) is 39.3. The first-order valence-electron chi connectivity index (χ1n) is 9.58. The molecule has 3 nitrogen and oxygen atoms in total. The van der Waals surface area contributed by atoms with Crippen LogP contribution in [0.1, 0.15) is 8.28 Å². The van der Waals surface area contributed by atoms with Gasteiger partial charge in [0.2, 0.25) is 0 Å². The topological polar surface area (TPSA) is 43.1 Å². The molecule has 0 fully saturated rings. The van der Waals surface area contributed by atoms with Crippen LogP contribution in [0.4, 0.5) is 5.69 Å². The second-order valence-electron chi connectivity index (χ2n) is 6.91. The fourth-order valence-corrected chi connectivity index (χ4v) is 18.1. The van der Waals surface area contributed by atoms with Crippen molar-refractivity contribution in [3.8, 4) is 0 Å². The molecular formula is C25H20AsI2NO2. The Hall–Kier alpha value is -1.70. The Morgan fingerprint density at radius 3 is 1.32 bits per heavy atom. The fourth-order valence-electron chi connectivity index (χ4n) is 3.81. The Labute approximate surface area is 215 Å². The molecule has 6 heteroatoms. The monoisotopic (exact) mass is 695 g/mol. The second kappa shape index (κ2) is 10.7. The van der Waals surface area contributed by atoms with Crippen LogP contribution in [0.15, 0.2) is 115 Å². The van der Waals surface area contributed by atoms with Gasteiger partial charge in [0.05, 0.1) is 0 Å². The van der Waals surface area contributed by atoms with Crippen LogP contribution in [0, 0.1) is 10.1 Å². The maximum atomic E-state index is 11.2. The van der Waals surface area contributed by atoms with E-state index >= 15 is 0 Å². The second-order valence-corrected chi connectivity index (χ2v) is 17.7. The number of nitro groups is 1. The third-order valence-corrected chi connectivity index (χ3v) is 19.3. The van der Waals surface area contributed by atoms with Crippen molar-refractivity contribution in [2.45, 2.75) is 2.71 Å². The van der Waals surface area contributed by atoms with E-state index in [1.165, 1.54) is 13.1 Å². The minimum absolute atomic E-state index is 0. The van der Waals surface area contributed by atoms with Gasteiger partial charge in [0.15, 0.2) is 0 Å². The summed E-state index contributed by atoms with van der Waals surface area (Å²) < 4.78 is 4.23. The van der Waals surface area contributed by atoms with Crippen LogP contribution in [0.2, 0.25) is 0 Å². The van der Waals surface area contributed by atoms with E-state index in [1.54, 1.807) is 12.1 Å². The number of hydrogen-bond donors (Lipinski definition) is 0. The molecule has 31 heavy (non-hydrogen) atoms. The summed E-state index contributed by atoms with van der Waals surface area (Å²) in [5.74, 6) is 0. The smallest absolute Gasteiger partial charge is 1.00 e. The minimum atomic E-state index is -2.98. The molecule has 0 saturated carbocycles. The third kappa shape index (κ3) is 4.73. The van der Waals surface area contributed by atoms with Gasteiger partial charge in [-0.3, -0.25) is 0 Å². The molecule has 4 aromatic carbocycles. The molecule has 0 spiro atoms. The SMILES string of the molecule is O=[N+]([O-])c1ccc(C(I)[As+](c2ccccc2)(c2ccccc2)c2ccccc2)cc1.[I-]. The number of hydrogen-bond acceptors (Lipinski definition) is 2. The normalized spacial score (nSPS) is 11.9. The Kier molecular flexibility index (Phi) is 8.30. The van der Waals surface area contributed by atoms with Gasteiger partial charge < -0.3 is 24.0 Å². The van der Waals surface area contributed by atoms with Gasteiger partial charge >= 0.3 is 193 Å². The molecule has 0 bridgehead atoms. The first kappa shape index (κ1) is 24.0. The molecule has 0 aliphatic carbocycles. The first-order chi connectivity index (χ1) is 14.6. The van der Waals surface area contributed by atoms with Crippen LogP contribution in [0.25, 0.3) is 0 Å². The fraction of sp³-hybridized carbons (Fsp3) is 0.0400. The molecule has 0 N–H and O–H groups in total. The van der Waals surface area contributed by atoms with Crippen molar-refractivity contribution in [3.05, 3.63) is 131 Å². The first-order valence-corrected chi connectivity index (χ1v) is 14.7. The molecule has 4 rings (SSSR count). The average molecular weight is 695 g/mol. The molecular weight excluding hydrogens is 675 g/mol. The molecule has 156 valence electrons. The van der Waals surface area contributed by atoms with E-state index < -0.39 is 13.6 Å². The van der Waals surface area contributed by atoms with Crippen molar-refractivity contribution in [2.75, 3.05) is 0 Å². The summed E-state index contributed by atoms with van der Waals surface area (Å²) >= 11 is -0.411. The Morgan fingerprint density at radius 1 is 0.645 bits per heavy atom. The van der Waals surface area contributed by atoms with E-state index in [4.69, 9.17) is 0 Å². The van der Waals surface area contributed by atoms with E-state index in [0.717, 1.165) is 5.56 Å².